The van der Waals surface area contributed by atoms with E-state index in [9.17, 15) is 0 Å². The lowest BCUT2D eigenvalue weighted by Crippen LogP contribution is -1.99. The highest BCUT2D eigenvalue weighted by molar-refractivity contribution is 6.42. The molecule has 4 rings (SSSR count). The van der Waals surface area contributed by atoms with Crippen LogP contribution in [0.5, 0.6) is 5.75 Å². The zero-order valence-corrected chi connectivity index (χ0v) is 17.2. The molecule has 0 atom stereocenters. The Morgan fingerprint density at radius 1 is 1.10 bits per heavy atom. The van der Waals surface area contributed by atoms with Gasteiger partial charge in [0.05, 0.1) is 34.9 Å². The van der Waals surface area contributed by atoms with Crippen LogP contribution in [0.2, 0.25) is 10.0 Å². The Labute approximate surface area is 177 Å². The van der Waals surface area contributed by atoms with E-state index in [4.69, 9.17) is 32.4 Å². The number of anilines is 1. The molecule has 0 radical (unpaired) electrons. The van der Waals surface area contributed by atoms with E-state index in [-0.39, 0.29) is 0 Å². The second kappa shape index (κ2) is 8.14. The van der Waals surface area contributed by atoms with Crippen LogP contribution in [0.4, 0.5) is 6.01 Å². The number of ether oxygens (including phenoxy) is 1. The summed E-state index contributed by atoms with van der Waals surface area (Å²) in [4.78, 5) is 4.25. The third-order valence-corrected chi connectivity index (χ3v) is 5.01. The van der Waals surface area contributed by atoms with Crippen molar-refractivity contribution in [3.63, 3.8) is 0 Å². The van der Waals surface area contributed by atoms with E-state index >= 15 is 0 Å². The van der Waals surface area contributed by atoms with Crippen LogP contribution >= 0.6 is 23.2 Å². The molecule has 0 unspecified atom stereocenters. The van der Waals surface area contributed by atoms with Crippen molar-refractivity contribution in [2.75, 3.05) is 12.4 Å². The summed E-state index contributed by atoms with van der Waals surface area (Å²) < 4.78 is 13.2. The number of aryl methyl sites for hydroxylation is 1. The smallest absolute Gasteiger partial charge is 0.316 e. The van der Waals surface area contributed by atoms with Crippen molar-refractivity contribution in [3.8, 4) is 22.9 Å². The van der Waals surface area contributed by atoms with Crippen molar-refractivity contribution in [1.82, 2.24) is 19.7 Å². The maximum atomic E-state index is 6.04. The van der Waals surface area contributed by atoms with Gasteiger partial charge in [-0.05, 0) is 42.8 Å². The Balaban J connectivity index is 1.52. The molecule has 29 heavy (non-hydrogen) atoms. The molecule has 0 fully saturated rings. The number of hydrogen-bond acceptors (Lipinski definition) is 6. The summed E-state index contributed by atoms with van der Waals surface area (Å²) in [6.07, 6.45) is 3.67. The molecule has 1 N–H and O–H groups in total. The van der Waals surface area contributed by atoms with Crippen molar-refractivity contribution in [2.24, 2.45) is 0 Å². The summed E-state index contributed by atoms with van der Waals surface area (Å²) in [5.74, 6) is 1.05. The number of halogens is 2. The first-order chi connectivity index (χ1) is 14.0. The van der Waals surface area contributed by atoms with Gasteiger partial charge >= 0.3 is 6.01 Å². The van der Waals surface area contributed by atoms with Crippen molar-refractivity contribution in [1.29, 1.82) is 0 Å². The Morgan fingerprint density at radius 2 is 1.97 bits per heavy atom. The van der Waals surface area contributed by atoms with Gasteiger partial charge in [-0.1, -0.05) is 34.4 Å². The minimum absolute atomic E-state index is 0.305. The van der Waals surface area contributed by atoms with Crippen molar-refractivity contribution in [3.05, 3.63) is 70.2 Å². The Morgan fingerprint density at radius 3 is 2.69 bits per heavy atom. The lowest BCUT2D eigenvalue weighted by Gasteiger charge is -2.10. The normalized spacial score (nSPS) is 10.9. The minimum atomic E-state index is 0.305. The molecule has 0 aliphatic heterocycles. The zero-order chi connectivity index (χ0) is 20.4. The van der Waals surface area contributed by atoms with Crippen molar-refractivity contribution >= 4 is 29.2 Å². The fourth-order valence-corrected chi connectivity index (χ4v) is 3.14. The van der Waals surface area contributed by atoms with E-state index in [0.717, 1.165) is 22.5 Å². The summed E-state index contributed by atoms with van der Waals surface area (Å²) in [5, 5.41) is 12.2. The number of benzene rings is 2. The van der Waals surface area contributed by atoms with Crippen molar-refractivity contribution in [2.45, 2.75) is 13.5 Å². The number of nitrogens with zero attached hydrogens (tertiary/aromatic N) is 4. The van der Waals surface area contributed by atoms with Gasteiger partial charge in [-0.15, -0.1) is 5.10 Å². The van der Waals surface area contributed by atoms with Gasteiger partial charge in [-0.25, -0.2) is 4.98 Å². The molecule has 0 spiro atoms. The number of aromatic nitrogens is 4. The third kappa shape index (κ3) is 4.21. The zero-order valence-electron chi connectivity index (χ0n) is 15.7. The lowest BCUT2D eigenvalue weighted by atomic mass is 10.2. The van der Waals surface area contributed by atoms with Gasteiger partial charge in [0.25, 0.3) is 0 Å². The number of hydrogen-bond donors (Lipinski definition) is 1. The van der Waals surface area contributed by atoms with E-state index in [1.54, 1.807) is 25.6 Å². The molecule has 9 heteroatoms. The Kier molecular flexibility index (Phi) is 5.42. The Hall–Kier alpha value is -3.03. The highest BCUT2D eigenvalue weighted by atomic mass is 35.5. The predicted molar refractivity (Wildman–Crippen MR) is 112 cm³/mol. The van der Waals surface area contributed by atoms with Gasteiger partial charge in [-0.3, -0.25) is 0 Å². The lowest BCUT2D eigenvalue weighted by molar-refractivity contribution is 0.413. The van der Waals surface area contributed by atoms with E-state index < -0.39 is 0 Å². The maximum Gasteiger partial charge on any atom is 0.316 e. The standard InChI is InChI=1S/C20H17Cl2N5O2/c1-12-10-27(11-24-12)17-6-4-14(8-18(17)28-2)19-25-26-20(29-19)23-9-13-3-5-15(21)16(22)7-13/h3-8,10-11H,9H2,1-2H3,(H,23,26). The van der Waals surface area contributed by atoms with E-state index in [0.29, 0.717) is 34.2 Å². The van der Waals surface area contributed by atoms with Gasteiger partial charge < -0.3 is 19.0 Å². The molecule has 0 aliphatic carbocycles. The maximum absolute atomic E-state index is 6.04. The third-order valence-electron chi connectivity index (χ3n) is 4.27. The summed E-state index contributed by atoms with van der Waals surface area (Å²) in [6.45, 7) is 2.41. The van der Waals surface area contributed by atoms with Crippen LogP contribution in [0.3, 0.4) is 0 Å². The molecule has 0 amide bonds. The molecule has 0 bridgehead atoms. The van der Waals surface area contributed by atoms with Crippen LogP contribution in [0.15, 0.2) is 53.3 Å². The molecule has 4 aromatic rings. The monoisotopic (exact) mass is 429 g/mol. The van der Waals surface area contributed by atoms with Gasteiger partial charge in [0.2, 0.25) is 5.89 Å². The van der Waals surface area contributed by atoms with Gasteiger partial charge in [0, 0.05) is 18.3 Å². The second-order valence-corrected chi connectivity index (χ2v) is 7.14. The van der Waals surface area contributed by atoms with Crippen LogP contribution in [0.1, 0.15) is 11.3 Å². The minimum Gasteiger partial charge on any atom is -0.495 e. The van der Waals surface area contributed by atoms with E-state index in [2.05, 4.69) is 20.5 Å². The molecule has 148 valence electrons. The highest BCUT2D eigenvalue weighted by Crippen LogP contribution is 2.30. The van der Waals surface area contributed by atoms with E-state index in [1.807, 2.05) is 42.0 Å². The number of rotatable bonds is 6. The van der Waals surface area contributed by atoms with Gasteiger partial charge in [0.1, 0.15) is 5.75 Å². The first-order valence-electron chi connectivity index (χ1n) is 8.74. The fraction of sp³-hybridized carbons (Fsp3) is 0.150. The van der Waals surface area contributed by atoms with Crippen LogP contribution < -0.4 is 10.1 Å². The first kappa shape index (κ1) is 19.3. The number of methoxy groups -OCH3 is 1. The topological polar surface area (TPSA) is 78.0 Å². The second-order valence-electron chi connectivity index (χ2n) is 6.32. The van der Waals surface area contributed by atoms with Crippen molar-refractivity contribution < 1.29 is 9.15 Å². The molecule has 2 aromatic carbocycles. The summed E-state index contributed by atoms with van der Waals surface area (Å²) in [7, 11) is 1.62. The molecular formula is C20H17Cl2N5O2. The SMILES string of the molecule is COc1cc(-c2nnc(NCc3ccc(Cl)c(Cl)c3)o2)ccc1-n1cnc(C)c1. The summed E-state index contributed by atoms with van der Waals surface area (Å²) >= 11 is 12.0. The van der Waals surface area contributed by atoms with Gasteiger partial charge in [-0.2, -0.15) is 0 Å². The van der Waals surface area contributed by atoms with Gasteiger partial charge in [0.15, 0.2) is 0 Å². The number of imidazole rings is 1. The molecule has 0 aliphatic rings. The molecule has 0 saturated carbocycles. The molecule has 7 nitrogen and oxygen atoms in total. The average molecular weight is 430 g/mol. The largest absolute Gasteiger partial charge is 0.495 e. The molecule has 2 heterocycles. The predicted octanol–water partition coefficient (Wildman–Crippen LogP) is 5.16. The molecule has 0 saturated heterocycles. The molecule has 2 aromatic heterocycles. The number of nitrogens with one attached hydrogen (secondary N) is 1. The summed E-state index contributed by atoms with van der Waals surface area (Å²) in [6, 6.07) is 11.4. The van der Waals surface area contributed by atoms with Crippen LogP contribution in [0, 0.1) is 6.92 Å². The molecular weight excluding hydrogens is 413 g/mol. The highest BCUT2D eigenvalue weighted by Gasteiger charge is 2.13. The van der Waals surface area contributed by atoms with Crippen LogP contribution in [0.25, 0.3) is 17.1 Å². The Bertz CT molecular complexity index is 1160. The van der Waals surface area contributed by atoms with Crippen LogP contribution in [-0.2, 0) is 6.54 Å². The van der Waals surface area contributed by atoms with Crippen LogP contribution in [-0.4, -0.2) is 26.9 Å². The van der Waals surface area contributed by atoms with E-state index in [1.165, 1.54) is 0 Å². The quantitative estimate of drug-likeness (QED) is 0.456. The first-order valence-corrected chi connectivity index (χ1v) is 9.50. The fourth-order valence-electron chi connectivity index (χ4n) is 2.82. The average Bonchev–Trinajstić information content (AvgIpc) is 3.37. The summed E-state index contributed by atoms with van der Waals surface area (Å²) in [5.41, 5.74) is 3.48.